The summed E-state index contributed by atoms with van der Waals surface area (Å²) >= 11 is 3.65. The molecule has 1 atom stereocenters. The molecule has 0 aliphatic rings. The first-order valence-corrected chi connectivity index (χ1v) is 9.51. The number of allylic oxidation sites excluding steroid dienone is 1. The molecule has 6 nitrogen and oxygen atoms in total. The number of aromatic nitrogens is 3. The van der Waals surface area contributed by atoms with E-state index in [-0.39, 0.29) is 0 Å². The van der Waals surface area contributed by atoms with E-state index in [2.05, 4.69) is 49.3 Å². The Hall–Kier alpha value is -2.67. The van der Waals surface area contributed by atoms with Gasteiger partial charge in [-0.3, -0.25) is 0 Å². The van der Waals surface area contributed by atoms with Gasteiger partial charge in [0.15, 0.2) is 0 Å². The quantitative estimate of drug-likeness (QED) is 0.528. The first-order valence-electron chi connectivity index (χ1n) is 8.72. The van der Waals surface area contributed by atoms with E-state index in [0.717, 1.165) is 33.2 Å². The van der Waals surface area contributed by atoms with Crippen molar-refractivity contribution in [3.63, 3.8) is 0 Å². The summed E-state index contributed by atoms with van der Waals surface area (Å²) in [4.78, 5) is 20.6. The number of hydrogen-bond donors (Lipinski definition) is 2. The van der Waals surface area contributed by atoms with Crippen LogP contribution in [0.15, 0.2) is 53.8 Å². The van der Waals surface area contributed by atoms with Crippen molar-refractivity contribution in [3.05, 3.63) is 65.0 Å². The summed E-state index contributed by atoms with van der Waals surface area (Å²) in [6.07, 6.45) is 4.43. The van der Waals surface area contributed by atoms with Gasteiger partial charge in [0.1, 0.15) is 23.8 Å². The van der Waals surface area contributed by atoms with Crippen LogP contribution in [0.5, 0.6) is 0 Å². The Morgan fingerprint density at radius 2 is 2.11 bits per heavy atom. The predicted octanol–water partition coefficient (Wildman–Crippen LogP) is 4.05. The van der Waals surface area contributed by atoms with Gasteiger partial charge in [-0.05, 0) is 27.9 Å². The van der Waals surface area contributed by atoms with E-state index < -0.39 is 12.0 Å². The van der Waals surface area contributed by atoms with Gasteiger partial charge in [-0.1, -0.05) is 43.3 Å². The number of fused-ring (bicyclic) bond motifs is 1. The summed E-state index contributed by atoms with van der Waals surface area (Å²) in [5, 5.41) is 13.6. The molecule has 3 aromatic rings. The van der Waals surface area contributed by atoms with E-state index in [1.165, 1.54) is 6.33 Å². The minimum atomic E-state index is -0.928. The lowest BCUT2D eigenvalue weighted by molar-refractivity contribution is -0.137. The van der Waals surface area contributed by atoms with Crippen molar-refractivity contribution in [1.82, 2.24) is 14.5 Å². The predicted molar refractivity (Wildman–Crippen MR) is 110 cm³/mol. The molecule has 0 amide bonds. The van der Waals surface area contributed by atoms with Crippen LogP contribution in [-0.4, -0.2) is 31.7 Å². The van der Waals surface area contributed by atoms with Gasteiger partial charge >= 0.3 is 5.97 Å². The van der Waals surface area contributed by atoms with Crippen LogP contribution in [0.3, 0.4) is 0 Å². The maximum absolute atomic E-state index is 11.8. The van der Waals surface area contributed by atoms with Crippen LogP contribution in [0, 0.1) is 0 Å². The van der Waals surface area contributed by atoms with Gasteiger partial charge in [0.25, 0.3) is 0 Å². The molecule has 140 valence electrons. The third-order valence-corrected chi connectivity index (χ3v) is 5.27. The molecule has 0 aliphatic heterocycles. The zero-order valence-corrected chi connectivity index (χ0v) is 16.6. The average molecular weight is 429 g/mol. The van der Waals surface area contributed by atoms with Crippen LogP contribution < -0.4 is 5.32 Å². The normalized spacial score (nSPS) is 12.1. The van der Waals surface area contributed by atoms with Crippen molar-refractivity contribution in [1.29, 1.82) is 0 Å². The molecule has 0 bridgehead atoms. The van der Waals surface area contributed by atoms with E-state index in [9.17, 15) is 9.90 Å². The molecule has 1 aromatic carbocycles. The Labute approximate surface area is 166 Å². The Bertz CT molecular complexity index is 969. The van der Waals surface area contributed by atoms with Crippen LogP contribution in [0.1, 0.15) is 18.2 Å². The molecule has 2 N–H and O–H groups in total. The van der Waals surface area contributed by atoms with Crippen molar-refractivity contribution < 1.29 is 9.90 Å². The van der Waals surface area contributed by atoms with Gasteiger partial charge < -0.3 is 15.0 Å². The highest BCUT2D eigenvalue weighted by Gasteiger charge is 2.23. The number of hydrogen-bond acceptors (Lipinski definition) is 4. The minimum absolute atomic E-state index is 0.354. The molecule has 7 heteroatoms. The summed E-state index contributed by atoms with van der Waals surface area (Å²) in [5.74, 6) is -0.421. The van der Waals surface area contributed by atoms with E-state index in [4.69, 9.17) is 0 Å². The number of benzene rings is 1. The zero-order valence-electron chi connectivity index (χ0n) is 15.0. The molecule has 0 saturated carbocycles. The zero-order chi connectivity index (χ0) is 19.4. The van der Waals surface area contributed by atoms with E-state index in [1.807, 2.05) is 36.4 Å². The number of nitrogens with one attached hydrogen (secondary N) is 1. The number of carboxylic acid groups (broad SMARTS) is 1. The number of halogens is 1. The molecular formula is C20H21BrN4O2. The summed E-state index contributed by atoms with van der Waals surface area (Å²) in [5.41, 5.74) is 2.77. The summed E-state index contributed by atoms with van der Waals surface area (Å²) in [6, 6.07) is 8.74. The molecule has 0 radical (unpaired) electrons. The third-order valence-electron chi connectivity index (χ3n) is 4.42. The molecule has 0 aliphatic carbocycles. The SMILES string of the molecule is C=CCn1c(CC)c(Br)c2c(N[C@H](Cc3ccccc3)C(=O)O)ncnc21. The van der Waals surface area contributed by atoms with Gasteiger partial charge in [0, 0.05) is 18.7 Å². The Morgan fingerprint density at radius 3 is 2.74 bits per heavy atom. The van der Waals surface area contributed by atoms with Gasteiger partial charge in [-0.15, -0.1) is 6.58 Å². The lowest BCUT2D eigenvalue weighted by Gasteiger charge is -2.16. The number of carbonyl (C=O) groups is 1. The highest BCUT2D eigenvalue weighted by atomic mass is 79.9. The minimum Gasteiger partial charge on any atom is -0.480 e. The monoisotopic (exact) mass is 428 g/mol. The maximum atomic E-state index is 11.8. The molecule has 0 fully saturated rings. The van der Waals surface area contributed by atoms with Gasteiger partial charge in [-0.2, -0.15) is 0 Å². The highest BCUT2D eigenvalue weighted by Crippen LogP contribution is 2.34. The topological polar surface area (TPSA) is 80.0 Å². The first-order chi connectivity index (χ1) is 13.1. The summed E-state index contributed by atoms with van der Waals surface area (Å²) < 4.78 is 2.94. The fourth-order valence-corrected chi connectivity index (χ4v) is 4.03. The van der Waals surface area contributed by atoms with Crippen LogP contribution in [0.2, 0.25) is 0 Å². The van der Waals surface area contributed by atoms with E-state index in [1.54, 1.807) is 0 Å². The van der Waals surface area contributed by atoms with Gasteiger partial charge in [-0.25, -0.2) is 14.8 Å². The second-order valence-corrected chi connectivity index (χ2v) is 6.95. The molecule has 0 saturated heterocycles. The van der Waals surface area contributed by atoms with Crippen molar-refractivity contribution in [3.8, 4) is 0 Å². The number of nitrogens with zero attached hydrogens (tertiary/aromatic N) is 3. The fourth-order valence-electron chi connectivity index (χ4n) is 3.17. The second-order valence-electron chi connectivity index (χ2n) is 6.16. The van der Waals surface area contributed by atoms with Gasteiger partial charge in [0.2, 0.25) is 0 Å². The first kappa shape index (κ1) is 19.1. The Kier molecular flexibility index (Phi) is 5.91. The fraction of sp³-hybridized carbons (Fsp3) is 0.250. The number of rotatable bonds is 8. The number of anilines is 1. The highest BCUT2D eigenvalue weighted by molar-refractivity contribution is 9.10. The summed E-state index contributed by atoms with van der Waals surface area (Å²) in [7, 11) is 0. The van der Waals surface area contributed by atoms with E-state index in [0.29, 0.717) is 18.8 Å². The molecule has 2 aromatic heterocycles. The molecule has 0 spiro atoms. The summed E-state index contributed by atoms with van der Waals surface area (Å²) in [6.45, 7) is 6.50. The molecule has 2 heterocycles. The molecular weight excluding hydrogens is 408 g/mol. The maximum Gasteiger partial charge on any atom is 0.326 e. The van der Waals surface area contributed by atoms with Crippen molar-refractivity contribution in [2.75, 3.05) is 5.32 Å². The molecule has 3 rings (SSSR count). The lowest BCUT2D eigenvalue weighted by Crippen LogP contribution is -2.32. The van der Waals surface area contributed by atoms with E-state index >= 15 is 0 Å². The van der Waals surface area contributed by atoms with Crippen LogP contribution >= 0.6 is 15.9 Å². The van der Waals surface area contributed by atoms with Crippen molar-refractivity contribution in [2.24, 2.45) is 0 Å². The smallest absolute Gasteiger partial charge is 0.326 e. The number of aliphatic carboxylic acids is 1. The lowest BCUT2D eigenvalue weighted by atomic mass is 10.1. The Morgan fingerprint density at radius 1 is 1.37 bits per heavy atom. The average Bonchev–Trinajstić information content (AvgIpc) is 2.94. The Balaban J connectivity index is 2.02. The van der Waals surface area contributed by atoms with Crippen LogP contribution in [0.4, 0.5) is 5.82 Å². The molecule has 0 unspecified atom stereocenters. The molecule has 27 heavy (non-hydrogen) atoms. The largest absolute Gasteiger partial charge is 0.480 e. The number of carboxylic acids is 1. The van der Waals surface area contributed by atoms with Crippen LogP contribution in [-0.2, 0) is 24.2 Å². The van der Waals surface area contributed by atoms with Crippen molar-refractivity contribution >= 4 is 38.8 Å². The second kappa shape index (κ2) is 8.35. The third kappa shape index (κ3) is 3.88. The van der Waals surface area contributed by atoms with Crippen molar-refractivity contribution in [2.45, 2.75) is 32.4 Å². The van der Waals surface area contributed by atoms with Gasteiger partial charge in [0.05, 0.1) is 9.86 Å². The standard InChI is InChI=1S/C20H21BrN4O2/c1-3-10-25-15(4-2)17(21)16-18(22-12-23-19(16)25)24-14(20(26)27)11-13-8-6-5-7-9-13/h3,5-9,12,14H,1,4,10-11H2,2H3,(H,26,27)(H,22,23,24)/t14-/m1/s1. The van der Waals surface area contributed by atoms with Crippen LogP contribution in [0.25, 0.3) is 11.0 Å².